The minimum Gasteiger partial charge on any atom is -0.480 e. The van der Waals surface area contributed by atoms with Gasteiger partial charge in [0.2, 0.25) is 0 Å². The number of hydrogen-bond donors (Lipinski definition) is 2. The van der Waals surface area contributed by atoms with Crippen molar-refractivity contribution >= 4 is 23.2 Å². The summed E-state index contributed by atoms with van der Waals surface area (Å²) < 4.78 is 0. The molecule has 0 aliphatic rings. The number of rotatable bonds is 3. The van der Waals surface area contributed by atoms with Crippen LogP contribution in [0.1, 0.15) is 15.4 Å². The van der Waals surface area contributed by atoms with Crippen molar-refractivity contribution in [1.29, 1.82) is 0 Å². The van der Waals surface area contributed by atoms with E-state index in [-0.39, 0.29) is 12.5 Å². The van der Waals surface area contributed by atoms with E-state index in [0.29, 0.717) is 10.6 Å². The van der Waals surface area contributed by atoms with Crippen molar-refractivity contribution in [2.45, 2.75) is 6.92 Å². The number of carbonyl (C=O) groups excluding carboxylic acids is 1. The molecule has 0 saturated carbocycles. The zero-order chi connectivity index (χ0) is 9.84. The number of thiazole rings is 1. The molecule has 0 aromatic carbocycles. The molecule has 1 heterocycles. The molecule has 0 atom stereocenters. The number of carboxylic acid groups (broad SMARTS) is 1. The molecule has 1 aromatic heterocycles. The van der Waals surface area contributed by atoms with E-state index >= 15 is 0 Å². The molecule has 0 spiro atoms. The minimum absolute atomic E-state index is 0.365. The van der Waals surface area contributed by atoms with Gasteiger partial charge < -0.3 is 10.4 Å². The third-order valence-electron chi connectivity index (χ3n) is 1.35. The van der Waals surface area contributed by atoms with Crippen molar-refractivity contribution in [3.8, 4) is 0 Å². The number of nitrogens with one attached hydrogen (secondary N) is 1. The quantitative estimate of drug-likeness (QED) is 0.733. The number of aromatic nitrogens is 1. The minimum atomic E-state index is -1.06. The number of carbonyl (C=O) groups is 2. The number of aliphatic carboxylic acids is 1. The lowest BCUT2D eigenvalue weighted by Gasteiger charge is -1.98. The van der Waals surface area contributed by atoms with Gasteiger partial charge in [-0.1, -0.05) is 0 Å². The summed E-state index contributed by atoms with van der Waals surface area (Å²) in [5.74, 6) is -1.45. The molecular formula is C7H8N2O3S. The molecule has 0 aliphatic heterocycles. The first-order valence-corrected chi connectivity index (χ1v) is 4.39. The second kappa shape index (κ2) is 3.99. The van der Waals surface area contributed by atoms with Crippen LogP contribution in [0.15, 0.2) is 5.51 Å². The fraction of sp³-hybridized carbons (Fsp3) is 0.286. The fourth-order valence-electron chi connectivity index (χ4n) is 0.756. The summed E-state index contributed by atoms with van der Waals surface area (Å²) >= 11 is 1.19. The van der Waals surface area contributed by atoms with E-state index in [0.717, 1.165) is 0 Å². The van der Waals surface area contributed by atoms with Crippen LogP contribution in [0.25, 0.3) is 0 Å². The van der Waals surface area contributed by atoms with Gasteiger partial charge in [0, 0.05) is 0 Å². The van der Waals surface area contributed by atoms with Crippen molar-refractivity contribution in [2.75, 3.05) is 6.54 Å². The molecule has 0 radical (unpaired) electrons. The summed E-state index contributed by atoms with van der Waals surface area (Å²) in [6.45, 7) is 1.34. The van der Waals surface area contributed by atoms with Crippen molar-refractivity contribution in [3.63, 3.8) is 0 Å². The summed E-state index contributed by atoms with van der Waals surface area (Å²) in [6, 6.07) is 0. The molecule has 0 unspecified atom stereocenters. The van der Waals surface area contributed by atoms with E-state index in [1.54, 1.807) is 12.4 Å². The van der Waals surface area contributed by atoms with Gasteiger partial charge >= 0.3 is 5.97 Å². The average Bonchev–Trinajstić information content (AvgIpc) is 2.47. The van der Waals surface area contributed by atoms with Crippen LogP contribution in [0.2, 0.25) is 0 Å². The highest BCUT2D eigenvalue weighted by Gasteiger charge is 2.11. The molecule has 1 aromatic rings. The zero-order valence-corrected chi connectivity index (χ0v) is 7.72. The maximum Gasteiger partial charge on any atom is 0.322 e. The molecule has 1 amide bonds. The van der Waals surface area contributed by atoms with Gasteiger partial charge in [-0.05, 0) is 6.92 Å². The number of aryl methyl sites for hydroxylation is 1. The van der Waals surface area contributed by atoms with Crippen LogP contribution in [0.3, 0.4) is 0 Å². The third-order valence-corrected chi connectivity index (χ3v) is 2.28. The van der Waals surface area contributed by atoms with Crippen molar-refractivity contribution in [1.82, 2.24) is 10.3 Å². The summed E-state index contributed by atoms with van der Waals surface area (Å²) in [5, 5.41) is 10.6. The first-order chi connectivity index (χ1) is 6.11. The van der Waals surface area contributed by atoms with Crippen molar-refractivity contribution < 1.29 is 14.7 Å². The maximum atomic E-state index is 11.2. The van der Waals surface area contributed by atoms with Crippen LogP contribution in [0, 0.1) is 6.92 Å². The predicted octanol–water partition coefficient (Wildman–Crippen LogP) is 0.266. The SMILES string of the molecule is Cc1ncsc1C(=O)NCC(=O)O. The second-order valence-electron chi connectivity index (χ2n) is 2.34. The molecule has 0 fully saturated rings. The molecule has 2 N–H and O–H groups in total. The summed E-state index contributed by atoms with van der Waals surface area (Å²) in [5.41, 5.74) is 2.17. The Kier molecular flexibility index (Phi) is 2.97. The summed E-state index contributed by atoms with van der Waals surface area (Å²) in [7, 11) is 0. The highest BCUT2D eigenvalue weighted by molar-refractivity contribution is 7.11. The molecule has 1 rings (SSSR count). The lowest BCUT2D eigenvalue weighted by Crippen LogP contribution is -2.29. The Bertz CT molecular complexity index is 334. The Balaban J connectivity index is 2.59. The van der Waals surface area contributed by atoms with E-state index in [2.05, 4.69) is 10.3 Å². The number of carboxylic acids is 1. The van der Waals surface area contributed by atoms with Crippen LogP contribution in [-0.2, 0) is 4.79 Å². The maximum absolute atomic E-state index is 11.2. The monoisotopic (exact) mass is 200 g/mol. The van der Waals surface area contributed by atoms with E-state index < -0.39 is 5.97 Å². The number of hydrogen-bond acceptors (Lipinski definition) is 4. The second-order valence-corrected chi connectivity index (χ2v) is 3.20. The first kappa shape index (κ1) is 9.66. The highest BCUT2D eigenvalue weighted by Crippen LogP contribution is 2.10. The van der Waals surface area contributed by atoms with E-state index in [9.17, 15) is 9.59 Å². The van der Waals surface area contributed by atoms with Gasteiger partial charge in [0.05, 0.1) is 11.2 Å². The zero-order valence-electron chi connectivity index (χ0n) is 6.90. The fourth-order valence-corrected chi connectivity index (χ4v) is 1.47. The van der Waals surface area contributed by atoms with Crippen LogP contribution >= 0.6 is 11.3 Å². The number of nitrogens with zero attached hydrogens (tertiary/aromatic N) is 1. The topological polar surface area (TPSA) is 79.3 Å². The molecule has 13 heavy (non-hydrogen) atoms. The predicted molar refractivity (Wildman–Crippen MR) is 46.8 cm³/mol. The standard InChI is InChI=1S/C7H8N2O3S/c1-4-6(13-3-9-4)7(12)8-2-5(10)11/h3H,2H2,1H3,(H,8,12)(H,10,11). The van der Waals surface area contributed by atoms with Gasteiger partial charge in [-0.15, -0.1) is 11.3 Å². The van der Waals surface area contributed by atoms with Crippen molar-refractivity contribution in [2.24, 2.45) is 0 Å². The molecule has 0 aliphatic carbocycles. The van der Waals surface area contributed by atoms with E-state index in [4.69, 9.17) is 5.11 Å². The van der Waals surface area contributed by atoms with Crippen LogP contribution < -0.4 is 5.32 Å². The Morgan fingerprint density at radius 1 is 1.69 bits per heavy atom. The summed E-state index contributed by atoms with van der Waals surface area (Å²) in [4.78, 5) is 25.7. The van der Waals surface area contributed by atoms with Gasteiger partial charge in [-0.2, -0.15) is 0 Å². The van der Waals surface area contributed by atoms with Crippen molar-refractivity contribution in [3.05, 3.63) is 16.1 Å². The van der Waals surface area contributed by atoms with Gasteiger partial charge in [0.1, 0.15) is 11.4 Å². The Morgan fingerprint density at radius 3 is 2.85 bits per heavy atom. The van der Waals surface area contributed by atoms with Gasteiger partial charge in [0.15, 0.2) is 0 Å². The molecule has 0 saturated heterocycles. The molecule has 6 heteroatoms. The van der Waals surface area contributed by atoms with E-state index in [1.807, 2.05) is 0 Å². The van der Waals surface area contributed by atoms with Gasteiger partial charge in [-0.25, -0.2) is 4.98 Å². The lowest BCUT2D eigenvalue weighted by atomic mass is 10.4. The highest BCUT2D eigenvalue weighted by atomic mass is 32.1. The Hall–Kier alpha value is -1.43. The summed E-state index contributed by atoms with van der Waals surface area (Å²) in [6.07, 6.45) is 0. The molecular weight excluding hydrogens is 192 g/mol. The van der Waals surface area contributed by atoms with Crippen LogP contribution in [0.5, 0.6) is 0 Å². The van der Waals surface area contributed by atoms with E-state index in [1.165, 1.54) is 11.3 Å². The van der Waals surface area contributed by atoms with Gasteiger partial charge in [-0.3, -0.25) is 9.59 Å². The lowest BCUT2D eigenvalue weighted by molar-refractivity contribution is -0.135. The first-order valence-electron chi connectivity index (χ1n) is 3.51. The molecule has 0 bridgehead atoms. The number of amides is 1. The average molecular weight is 200 g/mol. The Labute approximate surface area is 78.4 Å². The molecule has 70 valence electrons. The molecule has 5 nitrogen and oxygen atoms in total. The third kappa shape index (κ3) is 2.51. The Morgan fingerprint density at radius 2 is 2.38 bits per heavy atom. The smallest absolute Gasteiger partial charge is 0.322 e. The van der Waals surface area contributed by atoms with Gasteiger partial charge in [0.25, 0.3) is 5.91 Å². The van der Waals surface area contributed by atoms with Crippen LogP contribution in [0.4, 0.5) is 0 Å². The normalized spacial score (nSPS) is 9.62. The largest absolute Gasteiger partial charge is 0.480 e. The van der Waals surface area contributed by atoms with Crippen LogP contribution in [-0.4, -0.2) is 28.5 Å².